The number of rotatable bonds is 4. The van der Waals surface area contributed by atoms with Crippen LogP contribution in [-0.2, 0) is 0 Å². The van der Waals surface area contributed by atoms with Crippen molar-refractivity contribution in [3.63, 3.8) is 0 Å². The zero-order chi connectivity index (χ0) is 13.3. The largest absolute Gasteiger partial charge is 0.294 e. The van der Waals surface area contributed by atoms with Gasteiger partial charge in [-0.05, 0) is 29.3 Å². The van der Waals surface area contributed by atoms with Crippen molar-refractivity contribution >= 4 is 28.3 Å². The van der Waals surface area contributed by atoms with Crippen LogP contribution in [0, 0.1) is 12.0 Å². The second-order valence-electron chi connectivity index (χ2n) is 3.81. The smallest absolute Gasteiger partial charge is 0.0547 e. The van der Waals surface area contributed by atoms with Gasteiger partial charge in [-0.3, -0.25) is 15.8 Å². The van der Waals surface area contributed by atoms with E-state index in [0.29, 0.717) is 0 Å². The molecule has 0 saturated carbocycles. The third-order valence-corrected chi connectivity index (χ3v) is 3.00. The lowest BCUT2D eigenvalue weighted by molar-refractivity contribution is 1.10. The Kier molecular flexibility index (Phi) is 5.50. The molecule has 3 nitrogen and oxygen atoms in total. The lowest BCUT2D eigenvalue weighted by Crippen LogP contribution is -2.14. The predicted molar refractivity (Wildman–Crippen MR) is 87.7 cm³/mol. The first-order valence-electron chi connectivity index (χ1n) is 5.95. The third kappa shape index (κ3) is 4.45. The third-order valence-electron chi connectivity index (χ3n) is 2.46. The molecule has 2 rings (SSSR count). The summed E-state index contributed by atoms with van der Waals surface area (Å²) in [5.41, 5.74) is 9.15. The van der Waals surface area contributed by atoms with Gasteiger partial charge in [-0.25, -0.2) is 0 Å². The molecule has 0 radical (unpaired) electrons. The molecule has 0 saturated heterocycles. The van der Waals surface area contributed by atoms with Crippen molar-refractivity contribution in [2.45, 2.75) is 6.42 Å². The molecule has 0 aliphatic heterocycles. The van der Waals surface area contributed by atoms with Crippen LogP contribution in [0.5, 0.6) is 0 Å². The minimum Gasteiger partial charge on any atom is -0.294 e. The maximum Gasteiger partial charge on any atom is 0.0547 e. The van der Waals surface area contributed by atoms with Gasteiger partial charge in [-0.15, -0.1) is 0 Å². The molecule has 1 aromatic heterocycles. The Morgan fingerprint density at radius 2 is 1.95 bits per heavy atom. The molecule has 0 spiro atoms. The van der Waals surface area contributed by atoms with Gasteiger partial charge in [0, 0.05) is 29.3 Å². The van der Waals surface area contributed by atoms with Crippen molar-refractivity contribution in [1.82, 2.24) is 10.4 Å². The molecule has 0 amide bonds. The van der Waals surface area contributed by atoms with E-state index in [1.807, 2.05) is 30.5 Å². The van der Waals surface area contributed by atoms with Crippen LogP contribution in [-0.4, -0.2) is 9.41 Å². The van der Waals surface area contributed by atoms with Gasteiger partial charge in [0.2, 0.25) is 0 Å². The first-order chi connectivity index (χ1) is 9.40. The fraction of sp³-hybridized carbons (Fsp3) is 0.133. The molecule has 0 atom stereocenters. The first-order valence-corrected chi connectivity index (χ1v) is 7.48. The molecule has 2 N–H and O–H groups in total. The van der Waals surface area contributed by atoms with Crippen molar-refractivity contribution in [1.29, 1.82) is 0 Å². The quantitative estimate of drug-likeness (QED) is 0.287. The van der Waals surface area contributed by atoms with Gasteiger partial charge in [0.05, 0.1) is 5.69 Å². The number of hydrogen-bond donors (Lipinski definition) is 2. The Morgan fingerprint density at radius 1 is 1.11 bits per heavy atom. The van der Waals surface area contributed by atoms with E-state index in [1.165, 1.54) is 0 Å². The van der Waals surface area contributed by atoms with Gasteiger partial charge in [0.25, 0.3) is 0 Å². The van der Waals surface area contributed by atoms with Crippen molar-refractivity contribution in [3.8, 4) is 23.1 Å². The van der Waals surface area contributed by atoms with E-state index >= 15 is 0 Å². The standard InChI is InChI=1S/C15H14IN3/c16-9-1-2-11-18-19-15-7-5-13(6-8-15)14-4-3-10-17-12-14/h3-8,10,12,18-19H,1,9H2. The van der Waals surface area contributed by atoms with Crippen LogP contribution in [0.2, 0.25) is 0 Å². The van der Waals surface area contributed by atoms with Crippen molar-refractivity contribution in [2.75, 3.05) is 9.85 Å². The summed E-state index contributed by atoms with van der Waals surface area (Å²) < 4.78 is 1.05. The number of alkyl halides is 1. The summed E-state index contributed by atoms with van der Waals surface area (Å²) in [4.78, 5) is 4.11. The molecule has 4 heteroatoms. The van der Waals surface area contributed by atoms with Crippen molar-refractivity contribution in [3.05, 3.63) is 48.8 Å². The van der Waals surface area contributed by atoms with Crippen LogP contribution < -0.4 is 10.9 Å². The highest BCUT2D eigenvalue weighted by Gasteiger charge is 1.96. The zero-order valence-corrected chi connectivity index (χ0v) is 12.5. The Hall–Kier alpha value is -1.74. The molecule has 1 heterocycles. The second-order valence-corrected chi connectivity index (χ2v) is 4.89. The Bertz CT molecular complexity index is 555. The SMILES string of the molecule is ICCC#CNNc1ccc(-c2cccnc2)cc1. The van der Waals surface area contributed by atoms with E-state index in [9.17, 15) is 0 Å². The minimum absolute atomic E-state index is 0.898. The number of anilines is 1. The van der Waals surface area contributed by atoms with Gasteiger partial charge in [-0.2, -0.15) is 0 Å². The average molecular weight is 363 g/mol. The monoisotopic (exact) mass is 363 g/mol. The first kappa shape index (κ1) is 13.7. The zero-order valence-electron chi connectivity index (χ0n) is 10.4. The maximum absolute atomic E-state index is 4.11. The van der Waals surface area contributed by atoms with Gasteiger partial charge >= 0.3 is 0 Å². The normalized spacial score (nSPS) is 9.32. The maximum atomic E-state index is 4.11. The van der Waals surface area contributed by atoms with Crippen LogP contribution in [0.25, 0.3) is 11.1 Å². The minimum atomic E-state index is 0.898. The van der Waals surface area contributed by atoms with E-state index in [1.54, 1.807) is 6.20 Å². The fourth-order valence-electron chi connectivity index (χ4n) is 1.54. The molecular weight excluding hydrogens is 349 g/mol. The molecule has 19 heavy (non-hydrogen) atoms. The lowest BCUT2D eigenvalue weighted by Gasteiger charge is -2.05. The highest BCUT2D eigenvalue weighted by molar-refractivity contribution is 14.1. The van der Waals surface area contributed by atoms with Gasteiger partial charge in [-0.1, -0.05) is 46.7 Å². The van der Waals surface area contributed by atoms with E-state index in [-0.39, 0.29) is 0 Å². The molecular formula is C15H14IN3. The van der Waals surface area contributed by atoms with Crippen LogP contribution >= 0.6 is 22.6 Å². The number of benzene rings is 1. The molecule has 0 aliphatic rings. The van der Waals surface area contributed by atoms with E-state index in [2.05, 4.69) is 62.5 Å². The number of hydrogen-bond acceptors (Lipinski definition) is 3. The molecule has 96 valence electrons. The van der Waals surface area contributed by atoms with Crippen LogP contribution in [0.4, 0.5) is 5.69 Å². The molecule has 0 bridgehead atoms. The topological polar surface area (TPSA) is 37.0 Å². The second kappa shape index (κ2) is 7.64. The Labute approximate surface area is 126 Å². The Balaban J connectivity index is 1.94. The van der Waals surface area contributed by atoms with Crippen LogP contribution in [0.3, 0.4) is 0 Å². The molecule has 1 aromatic carbocycles. The number of pyridine rings is 1. The lowest BCUT2D eigenvalue weighted by atomic mass is 10.1. The summed E-state index contributed by atoms with van der Waals surface area (Å²) in [6, 6.07) is 15.0. The van der Waals surface area contributed by atoms with E-state index in [4.69, 9.17) is 0 Å². The van der Waals surface area contributed by atoms with Gasteiger partial charge < -0.3 is 0 Å². The summed E-state index contributed by atoms with van der Waals surface area (Å²) in [5.74, 6) is 3.00. The highest BCUT2D eigenvalue weighted by Crippen LogP contribution is 2.19. The van der Waals surface area contributed by atoms with Gasteiger partial charge in [0.1, 0.15) is 0 Å². The summed E-state index contributed by atoms with van der Waals surface area (Å²) in [6.45, 7) is 0. The number of halogens is 1. The van der Waals surface area contributed by atoms with Crippen molar-refractivity contribution < 1.29 is 0 Å². The van der Waals surface area contributed by atoms with Crippen LogP contribution in [0.1, 0.15) is 6.42 Å². The molecule has 0 unspecified atom stereocenters. The summed E-state index contributed by atoms with van der Waals surface area (Å²) >= 11 is 2.30. The summed E-state index contributed by atoms with van der Waals surface area (Å²) in [5, 5.41) is 0. The molecule has 2 aromatic rings. The fourth-order valence-corrected chi connectivity index (χ4v) is 1.81. The number of nitrogens with one attached hydrogen (secondary N) is 2. The number of aromatic nitrogens is 1. The molecule has 0 aliphatic carbocycles. The van der Waals surface area contributed by atoms with Crippen molar-refractivity contribution in [2.24, 2.45) is 0 Å². The average Bonchev–Trinajstić information content (AvgIpc) is 2.49. The predicted octanol–water partition coefficient (Wildman–Crippen LogP) is 3.45. The number of nitrogens with zero attached hydrogens (tertiary/aromatic N) is 1. The number of hydrazine groups is 1. The summed E-state index contributed by atoms with van der Waals surface area (Å²) in [6.07, 6.45) is 4.53. The summed E-state index contributed by atoms with van der Waals surface area (Å²) in [7, 11) is 0. The van der Waals surface area contributed by atoms with E-state index in [0.717, 1.165) is 27.7 Å². The van der Waals surface area contributed by atoms with E-state index < -0.39 is 0 Å². The highest BCUT2D eigenvalue weighted by atomic mass is 127. The van der Waals surface area contributed by atoms with Crippen LogP contribution in [0.15, 0.2) is 48.8 Å². The Morgan fingerprint density at radius 3 is 2.63 bits per heavy atom. The molecule has 0 fully saturated rings. The van der Waals surface area contributed by atoms with Gasteiger partial charge in [0.15, 0.2) is 0 Å².